The summed E-state index contributed by atoms with van der Waals surface area (Å²) in [4.78, 5) is 37.7. The van der Waals surface area contributed by atoms with E-state index in [1.165, 1.54) is 30.1 Å². The Morgan fingerprint density at radius 1 is 1.19 bits per heavy atom. The molecule has 138 valence electrons. The normalized spacial score (nSPS) is 11.7. The summed E-state index contributed by atoms with van der Waals surface area (Å²) in [6.45, 7) is 3.11. The molecule has 0 radical (unpaired) electrons. The number of aliphatic carboxylic acids is 1. The zero-order chi connectivity index (χ0) is 19.3. The maximum Gasteiger partial charge on any atom is 0.326 e. The molecule has 2 aromatic rings. The predicted molar refractivity (Wildman–Crippen MR) is 102 cm³/mol. The molecular formula is C18H19ClN2O4S. The molecule has 8 heteroatoms. The lowest BCUT2D eigenvalue weighted by Gasteiger charge is -2.26. The van der Waals surface area contributed by atoms with Crippen LogP contribution in [0, 0.1) is 0 Å². The summed E-state index contributed by atoms with van der Waals surface area (Å²) in [5, 5.41) is 12.5. The molecule has 2 amide bonds. The Hall–Kier alpha value is -2.38. The van der Waals surface area contributed by atoms with E-state index in [0.29, 0.717) is 9.90 Å². The van der Waals surface area contributed by atoms with Gasteiger partial charge in [0.15, 0.2) is 0 Å². The van der Waals surface area contributed by atoms with Crippen LogP contribution in [0.5, 0.6) is 0 Å². The number of carboxylic acids is 1. The van der Waals surface area contributed by atoms with E-state index in [2.05, 4.69) is 5.32 Å². The van der Waals surface area contributed by atoms with E-state index in [9.17, 15) is 19.5 Å². The number of nitrogens with zero attached hydrogens (tertiary/aromatic N) is 1. The van der Waals surface area contributed by atoms with E-state index in [-0.39, 0.29) is 24.9 Å². The van der Waals surface area contributed by atoms with Crippen LogP contribution in [0.15, 0.2) is 36.4 Å². The average molecular weight is 395 g/mol. The third-order valence-corrected chi connectivity index (χ3v) is 5.13. The average Bonchev–Trinajstić information content (AvgIpc) is 3.08. The van der Waals surface area contributed by atoms with Crippen molar-refractivity contribution in [2.24, 2.45) is 0 Å². The summed E-state index contributed by atoms with van der Waals surface area (Å²) in [7, 11) is 0. The number of carboxylic acid groups (broad SMARTS) is 1. The molecule has 0 aliphatic heterocycles. The van der Waals surface area contributed by atoms with Crippen LogP contribution in [0.2, 0.25) is 5.02 Å². The minimum Gasteiger partial charge on any atom is -0.480 e. The Labute approximate surface area is 160 Å². The van der Waals surface area contributed by atoms with Crippen LogP contribution in [0.3, 0.4) is 0 Å². The van der Waals surface area contributed by atoms with Crippen molar-refractivity contribution < 1.29 is 19.5 Å². The van der Waals surface area contributed by atoms with Crippen LogP contribution in [-0.2, 0) is 9.59 Å². The minimum absolute atomic E-state index is 0.111. The van der Waals surface area contributed by atoms with Gasteiger partial charge in [0.2, 0.25) is 5.91 Å². The molecule has 6 nitrogen and oxygen atoms in total. The van der Waals surface area contributed by atoms with Gasteiger partial charge in [-0.3, -0.25) is 9.59 Å². The largest absolute Gasteiger partial charge is 0.480 e. The summed E-state index contributed by atoms with van der Waals surface area (Å²) < 4.78 is 0. The van der Waals surface area contributed by atoms with Gasteiger partial charge < -0.3 is 15.3 Å². The predicted octanol–water partition coefficient (Wildman–Crippen LogP) is 3.12. The van der Waals surface area contributed by atoms with E-state index in [4.69, 9.17) is 11.6 Å². The highest BCUT2D eigenvalue weighted by Gasteiger charge is 2.27. The number of benzene rings is 1. The molecule has 1 atom stereocenters. The van der Waals surface area contributed by atoms with Crippen LogP contribution in [-0.4, -0.2) is 46.9 Å². The van der Waals surface area contributed by atoms with Crippen molar-refractivity contribution in [2.75, 3.05) is 13.1 Å². The highest BCUT2D eigenvalue weighted by molar-refractivity contribution is 7.17. The van der Waals surface area contributed by atoms with E-state index < -0.39 is 12.0 Å². The first-order valence-electron chi connectivity index (χ1n) is 7.93. The standard InChI is InChI=1S/C18H19ClN2O4S/c1-11(18(24)25)21(10-9-20-12(2)22)17(23)16-8-7-15(26-16)13-3-5-14(19)6-4-13/h3-8,11H,9-10H2,1-2H3,(H,20,22)(H,24,25). The van der Waals surface area contributed by atoms with Gasteiger partial charge in [0, 0.05) is 29.9 Å². The van der Waals surface area contributed by atoms with Gasteiger partial charge in [-0.25, -0.2) is 4.79 Å². The van der Waals surface area contributed by atoms with Crippen LogP contribution in [0.1, 0.15) is 23.5 Å². The molecular weight excluding hydrogens is 376 g/mol. The monoisotopic (exact) mass is 394 g/mol. The molecule has 0 saturated heterocycles. The molecule has 2 N–H and O–H groups in total. The fourth-order valence-corrected chi connectivity index (χ4v) is 3.41. The van der Waals surface area contributed by atoms with Crippen molar-refractivity contribution in [1.29, 1.82) is 0 Å². The van der Waals surface area contributed by atoms with Crippen molar-refractivity contribution >= 4 is 40.7 Å². The summed E-state index contributed by atoms with van der Waals surface area (Å²) in [6, 6.07) is 9.75. The fraction of sp³-hybridized carbons (Fsp3) is 0.278. The zero-order valence-electron chi connectivity index (χ0n) is 14.4. The van der Waals surface area contributed by atoms with Crippen LogP contribution < -0.4 is 5.32 Å². The molecule has 0 aliphatic carbocycles. The maximum atomic E-state index is 12.8. The number of rotatable bonds is 7. The van der Waals surface area contributed by atoms with Gasteiger partial charge in [-0.1, -0.05) is 23.7 Å². The number of hydrogen-bond acceptors (Lipinski definition) is 4. The number of amides is 2. The molecule has 0 fully saturated rings. The third-order valence-electron chi connectivity index (χ3n) is 3.76. The first kappa shape index (κ1) is 19.9. The summed E-state index contributed by atoms with van der Waals surface area (Å²) in [5.41, 5.74) is 0.925. The Balaban J connectivity index is 2.20. The molecule has 1 aromatic heterocycles. The maximum absolute atomic E-state index is 12.8. The Morgan fingerprint density at radius 2 is 1.85 bits per heavy atom. The van der Waals surface area contributed by atoms with Crippen LogP contribution >= 0.6 is 22.9 Å². The molecule has 1 unspecified atom stereocenters. The van der Waals surface area contributed by atoms with Gasteiger partial charge in [0.25, 0.3) is 5.91 Å². The van der Waals surface area contributed by atoms with E-state index in [1.807, 2.05) is 18.2 Å². The molecule has 0 spiro atoms. The van der Waals surface area contributed by atoms with E-state index in [1.54, 1.807) is 18.2 Å². The number of hydrogen-bond donors (Lipinski definition) is 2. The Morgan fingerprint density at radius 3 is 2.42 bits per heavy atom. The van der Waals surface area contributed by atoms with Crippen molar-refractivity contribution in [3.05, 3.63) is 46.3 Å². The first-order chi connectivity index (χ1) is 12.3. The van der Waals surface area contributed by atoms with Gasteiger partial charge in [0.1, 0.15) is 6.04 Å². The van der Waals surface area contributed by atoms with Gasteiger partial charge in [-0.2, -0.15) is 0 Å². The first-order valence-corrected chi connectivity index (χ1v) is 9.13. The molecule has 26 heavy (non-hydrogen) atoms. The van der Waals surface area contributed by atoms with Gasteiger partial charge >= 0.3 is 5.97 Å². The van der Waals surface area contributed by atoms with Crippen LogP contribution in [0.4, 0.5) is 0 Å². The smallest absolute Gasteiger partial charge is 0.326 e. The Bertz CT molecular complexity index is 804. The molecule has 2 rings (SSSR count). The number of thiophene rings is 1. The molecule has 0 aliphatic rings. The van der Waals surface area contributed by atoms with Crippen LogP contribution in [0.25, 0.3) is 10.4 Å². The highest BCUT2D eigenvalue weighted by Crippen LogP contribution is 2.30. The second-order valence-corrected chi connectivity index (χ2v) is 7.19. The fourth-order valence-electron chi connectivity index (χ4n) is 2.32. The second-order valence-electron chi connectivity index (χ2n) is 5.67. The summed E-state index contributed by atoms with van der Waals surface area (Å²) in [6.07, 6.45) is 0. The quantitative estimate of drug-likeness (QED) is 0.755. The number of carbonyl (C=O) groups excluding carboxylic acids is 2. The van der Waals surface area contributed by atoms with Gasteiger partial charge in [0.05, 0.1) is 4.88 Å². The van der Waals surface area contributed by atoms with Crippen molar-refractivity contribution in [2.45, 2.75) is 19.9 Å². The minimum atomic E-state index is -1.10. The van der Waals surface area contributed by atoms with Gasteiger partial charge in [-0.05, 0) is 36.8 Å². The zero-order valence-corrected chi connectivity index (χ0v) is 15.9. The molecule has 1 aromatic carbocycles. The third kappa shape index (κ3) is 5.06. The van der Waals surface area contributed by atoms with Crippen molar-refractivity contribution in [1.82, 2.24) is 10.2 Å². The lowest BCUT2D eigenvalue weighted by Crippen LogP contribution is -2.46. The SMILES string of the molecule is CC(=O)NCCN(C(=O)c1ccc(-c2ccc(Cl)cc2)s1)C(C)C(=O)O. The molecule has 0 bridgehead atoms. The van der Waals surface area contributed by atoms with Crippen molar-refractivity contribution in [3.63, 3.8) is 0 Å². The van der Waals surface area contributed by atoms with E-state index in [0.717, 1.165) is 10.4 Å². The Kier molecular flexibility index (Phi) is 6.76. The second kappa shape index (κ2) is 8.82. The summed E-state index contributed by atoms with van der Waals surface area (Å²) in [5.74, 6) is -1.72. The number of nitrogens with one attached hydrogen (secondary N) is 1. The van der Waals surface area contributed by atoms with E-state index >= 15 is 0 Å². The molecule has 1 heterocycles. The van der Waals surface area contributed by atoms with Crippen molar-refractivity contribution in [3.8, 4) is 10.4 Å². The number of halogens is 1. The topological polar surface area (TPSA) is 86.7 Å². The lowest BCUT2D eigenvalue weighted by atomic mass is 10.2. The number of carbonyl (C=O) groups is 3. The highest BCUT2D eigenvalue weighted by atomic mass is 35.5. The molecule has 0 saturated carbocycles. The van der Waals surface area contributed by atoms with Gasteiger partial charge in [-0.15, -0.1) is 11.3 Å². The summed E-state index contributed by atoms with van der Waals surface area (Å²) >= 11 is 7.17. The lowest BCUT2D eigenvalue weighted by molar-refractivity contribution is -0.141.